The Bertz CT molecular complexity index is 1140. The molecule has 0 unspecified atom stereocenters. The molecule has 0 atom stereocenters. The minimum atomic E-state index is -0.461. The van der Waals surface area contributed by atoms with Gasteiger partial charge in [-0.2, -0.15) is 0 Å². The number of ether oxygens (including phenoxy) is 1. The maximum atomic E-state index is 12.1. The Morgan fingerprint density at radius 2 is 1.81 bits per heavy atom. The lowest BCUT2D eigenvalue weighted by atomic mass is 10.2. The number of hydrogen-bond acceptors (Lipinski definition) is 4. The highest BCUT2D eigenvalue weighted by Gasteiger charge is 2.17. The van der Waals surface area contributed by atoms with Crippen LogP contribution < -0.4 is 4.74 Å². The number of carbonyl (C=O) groups is 1. The summed E-state index contributed by atoms with van der Waals surface area (Å²) in [7, 11) is 3.27. The average Bonchev–Trinajstić information content (AvgIpc) is 2.99. The molecule has 4 aromatic rings. The first-order chi connectivity index (χ1) is 12.5. The SMILES string of the molecule is CN(C)C(=O)Oc1c2ccccc2cn1-c1ccc2ccc(Cl)nc2n1. The summed E-state index contributed by atoms with van der Waals surface area (Å²) in [6, 6.07) is 15.0. The van der Waals surface area contributed by atoms with Crippen molar-refractivity contribution in [3.8, 4) is 11.7 Å². The van der Waals surface area contributed by atoms with Crippen LogP contribution in [0.15, 0.2) is 54.7 Å². The van der Waals surface area contributed by atoms with E-state index in [0.29, 0.717) is 22.5 Å². The molecule has 0 N–H and O–H groups in total. The number of rotatable bonds is 2. The molecule has 4 rings (SSSR count). The molecule has 0 fully saturated rings. The maximum absolute atomic E-state index is 12.1. The highest BCUT2D eigenvalue weighted by Crippen LogP contribution is 2.31. The fourth-order valence-corrected chi connectivity index (χ4v) is 2.82. The van der Waals surface area contributed by atoms with Crippen LogP contribution in [0.5, 0.6) is 5.88 Å². The van der Waals surface area contributed by atoms with Gasteiger partial charge in [0.2, 0.25) is 5.88 Å². The molecule has 0 spiro atoms. The molecule has 1 aromatic carbocycles. The predicted octanol–water partition coefficient (Wildman–Crippen LogP) is 4.29. The number of fused-ring (bicyclic) bond motifs is 2. The van der Waals surface area contributed by atoms with Crippen LogP contribution in [0.3, 0.4) is 0 Å². The molecule has 0 saturated heterocycles. The zero-order chi connectivity index (χ0) is 18.3. The summed E-state index contributed by atoms with van der Waals surface area (Å²) in [6.45, 7) is 0. The zero-order valence-corrected chi connectivity index (χ0v) is 14.9. The lowest BCUT2D eigenvalue weighted by Crippen LogP contribution is -2.26. The van der Waals surface area contributed by atoms with E-state index in [1.54, 1.807) is 24.7 Å². The van der Waals surface area contributed by atoms with E-state index < -0.39 is 6.09 Å². The minimum absolute atomic E-state index is 0.374. The van der Waals surface area contributed by atoms with Crippen molar-refractivity contribution in [2.45, 2.75) is 0 Å². The van der Waals surface area contributed by atoms with Crippen LogP contribution in [0.1, 0.15) is 0 Å². The Balaban J connectivity index is 1.91. The number of pyridine rings is 2. The van der Waals surface area contributed by atoms with Crippen LogP contribution in [-0.4, -0.2) is 39.6 Å². The van der Waals surface area contributed by atoms with Crippen LogP contribution in [0.25, 0.3) is 27.6 Å². The van der Waals surface area contributed by atoms with Gasteiger partial charge in [0.15, 0.2) is 5.65 Å². The minimum Gasteiger partial charge on any atom is -0.392 e. The number of carbonyl (C=O) groups excluding carboxylic acids is 1. The lowest BCUT2D eigenvalue weighted by molar-refractivity contribution is 0.170. The summed E-state index contributed by atoms with van der Waals surface area (Å²) >= 11 is 5.98. The maximum Gasteiger partial charge on any atom is 0.416 e. The number of hydrogen-bond donors (Lipinski definition) is 0. The van der Waals surface area contributed by atoms with E-state index >= 15 is 0 Å². The normalized spacial score (nSPS) is 11.0. The molecule has 0 aliphatic heterocycles. The standard InChI is InChI=1S/C19H15ClN4O2/c1-23(2)19(25)26-18-14-6-4-3-5-13(14)11-24(18)16-10-8-12-7-9-15(20)21-17(12)22-16/h3-11H,1-2H3. The molecule has 7 heteroatoms. The Morgan fingerprint density at radius 1 is 1.04 bits per heavy atom. The number of amides is 1. The van der Waals surface area contributed by atoms with Gasteiger partial charge < -0.3 is 9.64 Å². The lowest BCUT2D eigenvalue weighted by Gasteiger charge is -2.13. The van der Waals surface area contributed by atoms with Crippen molar-refractivity contribution in [2.24, 2.45) is 0 Å². The van der Waals surface area contributed by atoms with E-state index in [1.807, 2.05) is 48.7 Å². The smallest absolute Gasteiger partial charge is 0.392 e. The number of nitrogens with zero attached hydrogens (tertiary/aromatic N) is 4. The van der Waals surface area contributed by atoms with E-state index in [0.717, 1.165) is 16.2 Å². The van der Waals surface area contributed by atoms with E-state index in [2.05, 4.69) is 9.97 Å². The summed E-state index contributed by atoms with van der Waals surface area (Å²) < 4.78 is 7.36. The van der Waals surface area contributed by atoms with Crippen molar-refractivity contribution >= 4 is 39.5 Å². The molecular formula is C19H15ClN4O2. The molecule has 0 saturated carbocycles. The monoisotopic (exact) mass is 366 g/mol. The molecule has 26 heavy (non-hydrogen) atoms. The molecule has 0 aliphatic carbocycles. The summed E-state index contributed by atoms with van der Waals surface area (Å²) in [6.07, 6.45) is 1.42. The molecule has 130 valence electrons. The first-order valence-electron chi connectivity index (χ1n) is 7.96. The number of halogens is 1. The van der Waals surface area contributed by atoms with Crippen LogP contribution >= 0.6 is 11.6 Å². The quantitative estimate of drug-likeness (QED) is 0.496. The van der Waals surface area contributed by atoms with Gasteiger partial charge in [-0.3, -0.25) is 4.57 Å². The summed E-state index contributed by atoms with van der Waals surface area (Å²) in [5.41, 5.74) is 0.526. The summed E-state index contributed by atoms with van der Waals surface area (Å²) in [5.74, 6) is 0.998. The van der Waals surface area contributed by atoms with Crippen LogP contribution in [0, 0.1) is 0 Å². The molecule has 3 heterocycles. The van der Waals surface area contributed by atoms with Crippen LogP contribution in [-0.2, 0) is 0 Å². The fraction of sp³-hybridized carbons (Fsp3) is 0.105. The highest BCUT2D eigenvalue weighted by atomic mass is 35.5. The Labute approximate surface area is 154 Å². The van der Waals surface area contributed by atoms with Crippen LogP contribution in [0.2, 0.25) is 5.15 Å². The van der Waals surface area contributed by atoms with Crippen molar-refractivity contribution in [1.29, 1.82) is 0 Å². The number of benzene rings is 1. The van der Waals surface area contributed by atoms with Gasteiger partial charge in [-0.1, -0.05) is 29.8 Å². The third-order valence-corrected chi connectivity index (χ3v) is 4.19. The van der Waals surface area contributed by atoms with E-state index in [4.69, 9.17) is 16.3 Å². The van der Waals surface area contributed by atoms with Crippen molar-refractivity contribution in [3.05, 3.63) is 59.9 Å². The third kappa shape index (κ3) is 2.84. The van der Waals surface area contributed by atoms with Gasteiger partial charge in [0.1, 0.15) is 11.0 Å². The molecule has 0 radical (unpaired) electrons. The second-order valence-electron chi connectivity index (χ2n) is 6.00. The average molecular weight is 367 g/mol. The first kappa shape index (κ1) is 16.4. The fourth-order valence-electron chi connectivity index (χ4n) is 2.68. The van der Waals surface area contributed by atoms with Gasteiger partial charge in [0.25, 0.3) is 0 Å². The Morgan fingerprint density at radius 3 is 2.62 bits per heavy atom. The van der Waals surface area contributed by atoms with Crippen molar-refractivity contribution in [2.75, 3.05) is 14.1 Å². The van der Waals surface area contributed by atoms with Gasteiger partial charge >= 0.3 is 6.09 Å². The second-order valence-corrected chi connectivity index (χ2v) is 6.39. The summed E-state index contributed by atoms with van der Waals surface area (Å²) in [4.78, 5) is 22.3. The van der Waals surface area contributed by atoms with E-state index in [-0.39, 0.29) is 0 Å². The second kappa shape index (κ2) is 6.31. The third-order valence-electron chi connectivity index (χ3n) is 3.98. The van der Waals surface area contributed by atoms with Crippen molar-refractivity contribution < 1.29 is 9.53 Å². The molecule has 3 aromatic heterocycles. The van der Waals surface area contributed by atoms with E-state index in [9.17, 15) is 4.79 Å². The Hall–Kier alpha value is -3.12. The Kier molecular flexibility index (Phi) is 3.97. The zero-order valence-electron chi connectivity index (χ0n) is 14.2. The highest BCUT2D eigenvalue weighted by molar-refractivity contribution is 6.29. The molecular weight excluding hydrogens is 352 g/mol. The topological polar surface area (TPSA) is 60.2 Å². The first-order valence-corrected chi connectivity index (χ1v) is 8.33. The molecule has 6 nitrogen and oxygen atoms in total. The van der Waals surface area contributed by atoms with Gasteiger partial charge in [-0.05, 0) is 30.3 Å². The van der Waals surface area contributed by atoms with Crippen molar-refractivity contribution in [3.63, 3.8) is 0 Å². The molecule has 0 bridgehead atoms. The van der Waals surface area contributed by atoms with Gasteiger partial charge in [0, 0.05) is 36.5 Å². The molecule has 1 amide bonds. The molecule has 0 aliphatic rings. The van der Waals surface area contributed by atoms with Crippen LogP contribution in [0.4, 0.5) is 4.79 Å². The van der Waals surface area contributed by atoms with Gasteiger partial charge in [-0.25, -0.2) is 14.8 Å². The number of aromatic nitrogens is 3. The van der Waals surface area contributed by atoms with Crippen molar-refractivity contribution in [1.82, 2.24) is 19.4 Å². The van der Waals surface area contributed by atoms with Gasteiger partial charge in [-0.15, -0.1) is 0 Å². The predicted molar refractivity (Wildman–Crippen MR) is 101 cm³/mol. The summed E-state index contributed by atoms with van der Waals surface area (Å²) in [5, 5.41) is 3.01. The van der Waals surface area contributed by atoms with Gasteiger partial charge in [0.05, 0.1) is 0 Å². The van der Waals surface area contributed by atoms with E-state index in [1.165, 1.54) is 4.90 Å². The largest absolute Gasteiger partial charge is 0.416 e.